The molecule has 1 aliphatic rings. The van der Waals surface area contributed by atoms with E-state index in [1.807, 2.05) is 31.2 Å². The minimum atomic E-state index is -4.44. The molecule has 3 aromatic rings. The lowest BCUT2D eigenvalue weighted by Crippen LogP contribution is -2.39. The average molecular weight is 483 g/mol. The maximum absolute atomic E-state index is 12.7. The summed E-state index contributed by atoms with van der Waals surface area (Å²) in [6.07, 6.45) is 2.40. The number of hydrogen-bond acceptors (Lipinski definition) is 4. The van der Waals surface area contributed by atoms with Gasteiger partial charge in [0.1, 0.15) is 11.6 Å². The van der Waals surface area contributed by atoms with Crippen molar-refractivity contribution in [1.29, 1.82) is 0 Å². The number of carbonyl (C=O) groups excluding carboxylic acids is 1. The lowest BCUT2D eigenvalue weighted by Gasteiger charge is -2.28. The molecule has 0 aliphatic carbocycles. The number of piperidine rings is 1. The molecule has 0 bridgehead atoms. The summed E-state index contributed by atoms with van der Waals surface area (Å²) >= 11 is 0. The van der Waals surface area contributed by atoms with Crippen LogP contribution in [-0.4, -0.2) is 34.0 Å². The maximum Gasteiger partial charge on any atom is 0.417 e. The number of pyridine rings is 2. The molecule has 0 saturated carbocycles. The molecular formula is C26H25F3N4O2. The van der Waals surface area contributed by atoms with Crippen molar-refractivity contribution in [3.63, 3.8) is 0 Å². The first-order valence-corrected chi connectivity index (χ1v) is 11.3. The van der Waals surface area contributed by atoms with Gasteiger partial charge in [-0.05, 0) is 60.7 Å². The van der Waals surface area contributed by atoms with Crippen LogP contribution in [-0.2, 0) is 12.6 Å². The van der Waals surface area contributed by atoms with E-state index in [-0.39, 0.29) is 11.9 Å². The number of nitrogens with zero attached hydrogens (tertiary/aromatic N) is 3. The van der Waals surface area contributed by atoms with Crippen LogP contribution < -0.4 is 10.1 Å². The van der Waals surface area contributed by atoms with Crippen molar-refractivity contribution >= 4 is 17.9 Å². The second-order valence-electron chi connectivity index (χ2n) is 8.18. The molecule has 3 heterocycles. The Balaban J connectivity index is 1.33. The minimum absolute atomic E-state index is 0.0843. The van der Waals surface area contributed by atoms with Gasteiger partial charge < -0.3 is 9.64 Å². The lowest BCUT2D eigenvalue weighted by atomic mass is 10.0. The summed E-state index contributed by atoms with van der Waals surface area (Å²) in [6, 6.07) is 13.0. The lowest BCUT2D eigenvalue weighted by molar-refractivity contribution is -0.137. The van der Waals surface area contributed by atoms with E-state index >= 15 is 0 Å². The van der Waals surface area contributed by atoms with Crippen LogP contribution >= 0.6 is 0 Å². The van der Waals surface area contributed by atoms with Gasteiger partial charge in [-0.25, -0.2) is 14.8 Å². The fourth-order valence-electron chi connectivity index (χ4n) is 3.73. The third-order valence-electron chi connectivity index (χ3n) is 5.68. The van der Waals surface area contributed by atoms with Gasteiger partial charge in [-0.3, -0.25) is 5.32 Å². The Morgan fingerprint density at radius 2 is 1.91 bits per heavy atom. The summed E-state index contributed by atoms with van der Waals surface area (Å²) in [4.78, 5) is 22.3. The Morgan fingerprint density at radius 3 is 2.60 bits per heavy atom. The summed E-state index contributed by atoms with van der Waals surface area (Å²) < 4.78 is 43.7. The number of aromatic nitrogens is 2. The molecule has 1 fully saturated rings. The Hall–Kier alpha value is -3.88. The number of carbonyl (C=O) groups is 1. The third-order valence-corrected chi connectivity index (χ3v) is 5.68. The molecule has 0 spiro atoms. The van der Waals surface area contributed by atoms with E-state index in [2.05, 4.69) is 21.4 Å². The summed E-state index contributed by atoms with van der Waals surface area (Å²) in [7, 11) is 0. The van der Waals surface area contributed by atoms with Crippen molar-refractivity contribution in [1.82, 2.24) is 14.9 Å². The highest BCUT2D eigenvalue weighted by atomic mass is 19.4. The summed E-state index contributed by atoms with van der Waals surface area (Å²) in [5.41, 5.74) is 2.39. The Kier molecular flexibility index (Phi) is 7.33. The van der Waals surface area contributed by atoms with Gasteiger partial charge >= 0.3 is 12.2 Å². The number of likely N-dealkylation sites (tertiary alicyclic amines) is 1. The molecule has 4 rings (SSSR count). The highest BCUT2D eigenvalue weighted by molar-refractivity contribution is 5.88. The zero-order chi connectivity index (χ0) is 24.8. The summed E-state index contributed by atoms with van der Waals surface area (Å²) in [6.45, 7) is 3.24. The van der Waals surface area contributed by atoms with Crippen LogP contribution in [0.25, 0.3) is 6.08 Å². The predicted molar refractivity (Wildman–Crippen MR) is 127 cm³/mol. The van der Waals surface area contributed by atoms with Crippen molar-refractivity contribution in [2.75, 3.05) is 18.4 Å². The van der Waals surface area contributed by atoms with Crippen molar-refractivity contribution in [2.45, 2.75) is 32.4 Å². The number of nitrogens with one attached hydrogen (secondary N) is 1. The number of alkyl halides is 3. The average Bonchev–Trinajstić information content (AvgIpc) is 2.84. The van der Waals surface area contributed by atoms with Gasteiger partial charge in [0.15, 0.2) is 0 Å². The number of urea groups is 1. The van der Waals surface area contributed by atoms with E-state index in [1.165, 1.54) is 11.6 Å². The first-order valence-electron chi connectivity index (χ1n) is 11.3. The van der Waals surface area contributed by atoms with Crippen molar-refractivity contribution in [3.05, 3.63) is 83.2 Å². The largest absolute Gasteiger partial charge is 0.439 e. The highest BCUT2D eigenvalue weighted by Gasteiger charge is 2.30. The molecular weight excluding hydrogens is 457 g/mol. The fraction of sp³-hybridized carbons (Fsp3) is 0.269. The molecule has 182 valence electrons. The van der Waals surface area contributed by atoms with Gasteiger partial charge in [0.05, 0.1) is 5.56 Å². The fourth-order valence-corrected chi connectivity index (χ4v) is 3.73. The van der Waals surface area contributed by atoms with Crippen molar-refractivity contribution in [2.24, 2.45) is 0 Å². The molecule has 2 amide bonds. The SMILES string of the molecule is CCc1ccnc(NC(=O)N2CCC(=Cc3cccc(Oc4ccc(C(F)(F)F)cn4)c3)CC2)c1. The van der Waals surface area contributed by atoms with Crippen LogP contribution in [0.15, 0.2) is 66.5 Å². The number of ether oxygens (including phenoxy) is 1. The van der Waals surface area contributed by atoms with Crippen LogP contribution in [0.3, 0.4) is 0 Å². The van der Waals surface area contributed by atoms with Gasteiger partial charge in [0.25, 0.3) is 0 Å². The first-order chi connectivity index (χ1) is 16.8. The number of halogens is 3. The molecule has 1 aromatic carbocycles. The molecule has 1 saturated heterocycles. The Bertz CT molecular complexity index is 1200. The molecule has 9 heteroatoms. The van der Waals surface area contributed by atoms with Gasteiger partial charge in [0, 0.05) is 31.5 Å². The molecule has 2 aromatic heterocycles. The first kappa shape index (κ1) is 24.3. The van der Waals surface area contributed by atoms with E-state index in [0.29, 0.717) is 24.7 Å². The quantitative estimate of drug-likeness (QED) is 0.447. The molecule has 0 atom stereocenters. The van der Waals surface area contributed by atoms with Gasteiger partial charge in [-0.1, -0.05) is 30.7 Å². The van der Waals surface area contributed by atoms with Gasteiger partial charge in [-0.15, -0.1) is 0 Å². The maximum atomic E-state index is 12.7. The molecule has 6 nitrogen and oxygen atoms in total. The topological polar surface area (TPSA) is 67.4 Å². The number of aryl methyl sites for hydroxylation is 1. The zero-order valence-electron chi connectivity index (χ0n) is 19.2. The molecule has 1 aliphatic heterocycles. The van der Waals surface area contributed by atoms with Crippen molar-refractivity contribution in [3.8, 4) is 11.6 Å². The van der Waals surface area contributed by atoms with Gasteiger partial charge in [0.2, 0.25) is 5.88 Å². The van der Waals surface area contributed by atoms with Crippen molar-refractivity contribution < 1.29 is 22.7 Å². The van der Waals surface area contributed by atoms with Crippen LogP contribution in [0, 0.1) is 0 Å². The standard InChI is InChI=1S/C26H25F3N4O2/c1-2-18-8-11-30-23(16-18)32-25(34)33-12-9-19(10-13-33)14-20-4-3-5-22(15-20)35-24-7-6-21(17-31-24)26(27,28)29/h3-8,11,14-17H,2,9-10,12-13H2,1H3,(H,30,32,34). The number of anilines is 1. The minimum Gasteiger partial charge on any atom is -0.439 e. The second kappa shape index (κ2) is 10.6. The van der Waals surface area contributed by atoms with Crippen LogP contribution in [0.5, 0.6) is 11.6 Å². The van der Waals surface area contributed by atoms with E-state index in [9.17, 15) is 18.0 Å². The van der Waals surface area contributed by atoms with E-state index in [4.69, 9.17) is 4.74 Å². The third kappa shape index (κ3) is 6.59. The number of rotatable bonds is 5. The van der Waals surface area contributed by atoms with E-state index < -0.39 is 11.7 Å². The molecule has 1 N–H and O–H groups in total. The Labute approximate surface area is 201 Å². The number of amides is 2. The van der Waals surface area contributed by atoms with Gasteiger partial charge in [-0.2, -0.15) is 13.2 Å². The van der Waals surface area contributed by atoms with Crippen LogP contribution in [0.4, 0.5) is 23.8 Å². The second-order valence-corrected chi connectivity index (χ2v) is 8.18. The highest BCUT2D eigenvalue weighted by Crippen LogP contribution is 2.30. The summed E-state index contributed by atoms with van der Waals surface area (Å²) in [5, 5.41) is 2.86. The monoisotopic (exact) mass is 482 g/mol. The van der Waals surface area contributed by atoms with E-state index in [1.54, 1.807) is 23.2 Å². The van der Waals surface area contributed by atoms with Crippen LogP contribution in [0.1, 0.15) is 36.5 Å². The molecule has 35 heavy (non-hydrogen) atoms. The summed E-state index contributed by atoms with van der Waals surface area (Å²) in [5.74, 6) is 1.11. The van der Waals surface area contributed by atoms with Crippen LogP contribution in [0.2, 0.25) is 0 Å². The Morgan fingerprint density at radius 1 is 1.11 bits per heavy atom. The zero-order valence-corrected chi connectivity index (χ0v) is 19.2. The smallest absolute Gasteiger partial charge is 0.417 e. The molecule has 0 unspecified atom stereocenters. The number of benzene rings is 1. The normalized spacial score (nSPS) is 13.9. The van der Waals surface area contributed by atoms with E-state index in [0.717, 1.165) is 42.7 Å². The number of hydrogen-bond donors (Lipinski definition) is 1. The predicted octanol–water partition coefficient (Wildman–Crippen LogP) is 6.56. The molecule has 0 radical (unpaired) electrons.